The van der Waals surface area contributed by atoms with E-state index >= 15 is 0 Å². The summed E-state index contributed by atoms with van der Waals surface area (Å²) >= 11 is 0. The van der Waals surface area contributed by atoms with Gasteiger partial charge in [-0.25, -0.2) is 5.48 Å². The molecule has 0 fully saturated rings. The van der Waals surface area contributed by atoms with E-state index in [9.17, 15) is 14.7 Å². The number of hydroxylamine groups is 1. The molecule has 1 aromatic rings. The van der Waals surface area contributed by atoms with Crippen LogP contribution in [0.3, 0.4) is 0 Å². The third-order valence-electron chi connectivity index (χ3n) is 3.25. The summed E-state index contributed by atoms with van der Waals surface area (Å²) in [5, 5.41) is 20.5. The fraction of sp³-hybridized carbons (Fsp3) is 0.263. The van der Waals surface area contributed by atoms with Crippen LogP contribution >= 0.6 is 0 Å². The molecular weight excluding hydrogens is 320 g/mol. The van der Waals surface area contributed by atoms with Gasteiger partial charge in [-0.15, -0.1) is 0 Å². The van der Waals surface area contributed by atoms with Crippen molar-refractivity contribution >= 4 is 11.8 Å². The number of nitrogens with one attached hydrogen (secondary N) is 2. The van der Waals surface area contributed by atoms with E-state index in [2.05, 4.69) is 17.2 Å². The van der Waals surface area contributed by atoms with Crippen LogP contribution in [-0.2, 0) is 4.79 Å². The molecule has 0 aliphatic carbocycles. The Hall–Kier alpha value is -2.88. The standard InChI is InChI=1S/C19H22N2O4/c1-4-5-6-13(2)7-8-15-9-11-16(12-10-15)18(23)20-17(14(3)22)19(24)21-25/h4-6,9-12,14,17,22,25H,1-3H3,(H,20,23)(H,21,24)/b5-4-,13-6+/t14-,17+/m1/s1. The van der Waals surface area contributed by atoms with Gasteiger partial charge in [-0.3, -0.25) is 14.8 Å². The third kappa shape index (κ3) is 6.63. The second-order valence-electron chi connectivity index (χ2n) is 5.37. The van der Waals surface area contributed by atoms with Gasteiger partial charge in [0, 0.05) is 11.1 Å². The van der Waals surface area contributed by atoms with Crippen LogP contribution in [0, 0.1) is 11.8 Å². The maximum absolute atomic E-state index is 12.1. The van der Waals surface area contributed by atoms with Crippen LogP contribution in [0.1, 0.15) is 36.7 Å². The summed E-state index contributed by atoms with van der Waals surface area (Å²) < 4.78 is 0. The van der Waals surface area contributed by atoms with Gasteiger partial charge in [0.2, 0.25) is 0 Å². The van der Waals surface area contributed by atoms with E-state index in [0.29, 0.717) is 5.56 Å². The largest absolute Gasteiger partial charge is 0.391 e. The smallest absolute Gasteiger partial charge is 0.268 e. The highest BCUT2D eigenvalue weighted by Crippen LogP contribution is 2.05. The van der Waals surface area contributed by atoms with Gasteiger partial charge in [0.05, 0.1) is 6.10 Å². The van der Waals surface area contributed by atoms with Gasteiger partial charge in [-0.05, 0) is 50.6 Å². The molecule has 1 rings (SSSR count). The molecule has 6 nitrogen and oxygen atoms in total. The van der Waals surface area contributed by atoms with E-state index < -0.39 is 24.0 Å². The van der Waals surface area contributed by atoms with Crippen molar-refractivity contribution in [1.29, 1.82) is 0 Å². The van der Waals surface area contributed by atoms with Gasteiger partial charge in [0.25, 0.3) is 11.8 Å². The molecule has 132 valence electrons. The van der Waals surface area contributed by atoms with Crippen molar-refractivity contribution in [2.24, 2.45) is 0 Å². The average Bonchev–Trinajstić information content (AvgIpc) is 2.61. The Balaban J connectivity index is 2.83. The molecule has 0 aromatic heterocycles. The number of benzene rings is 1. The second kappa shape index (κ2) is 10.1. The van der Waals surface area contributed by atoms with Crippen molar-refractivity contribution < 1.29 is 19.9 Å². The van der Waals surface area contributed by atoms with Crippen LogP contribution in [0.4, 0.5) is 0 Å². The molecule has 25 heavy (non-hydrogen) atoms. The summed E-state index contributed by atoms with van der Waals surface area (Å²) in [4.78, 5) is 23.6. The van der Waals surface area contributed by atoms with Crippen LogP contribution in [0.2, 0.25) is 0 Å². The molecule has 0 saturated heterocycles. The lowest BCUT2D eigenvalue weighted by atomic mass is 10.1. The molecule has 0 bridgehead atoms. The molecule has 0 saturated carbocycles. The average molecular weight is 342 g/mol. The van der Waals surface area contributed by atoms with Crippen LogP contribution in [-0.4, -0.2) is 34.3 Å². The minimum Gasteiger partial charge on any atom is -0.391 e. The molecule has 0 heterocycles. The molecular formula is C19H22N2O4. The Morgan fingerprint density at radius 2 is 1.88 bits per heavy atom. The Labute approximate surface area is 147 Å². The zero-order valence-corrected chi connectivity index (χ0v) is 14.4. The highest BCUT2D eigenvalue weighted by Gasteiger charge is 2.25. The van der Waals surface area contributed by atoms with E-state index in [-0.39, 0.29) is 0 Å². The lowest BCUT2D eigenvalue weighted by molar-refractivity contribution is -0.133. The van der Waals surface area contributed by atoms with Gasteiger partial charge >= 0.3 is 0 Å². The van der Waals surface area contributed by atoms with Crippen molar-refractivity contribution in [2.75, 3.05) is 0 Å². The van der Waals surface area contributed by atoms with E-state index in [1.54, 1.807) is 24.3 Å². The maximum Gasteiger partial charge on any atom is 0.268 e. The zero-order chi connectivity index (χ0) is 18.8. The SMILES string of the molecule is C/C=C\C=C(/C)C#Cc1ccc(C(=O)N[C@H](C(=O)NO)[C@@H](C)O)cc1. The first-order valence-corrected chi connectivity index (χ1v) is 7.73. The van der Waals surface area contributed by atoms with Gasteiger partial charge < -0.3 is 10.4 Å². The number of hydrogen-bond donors (Lipinski definition) is 4. The molecule has 2 atom stereocenters. The monoisotopic (exact) mass is 342 g/mol. The van der Waals surface area contributed by atoms with E-state index in [1.165, 1.54) is 12.4 Å². The molecule has 0 unspecified atom stereocenters. The molecule has 0 radical (unpaired) electrons. The molecule has 6 heteroatoms. The fourth-order valence-electron chi connectivity index (χ4n) is 1.86. The van der Waals surface area contributed by atoms with E-state index in [4.69, 9.17) is 5.21 Å². The fourth-order valence-corrected chi connectivity index (χ4v) is 1.86. The summed E-state index contributed by atoms with van der Waals surface area (Å²) in [7, 11) is 0. The van der Waals surface area contributed by atoms with Crippen LogP contribution in [0.25, 0.3) is 0 Å². The predicted octanol–water partition coefficient (Wildman–Crippen LogP) is 1.55. The highest BCUT2D eigenvalue weighted by atomic mass is 16.5. The third-order valence-corrected chi connectivity index (χ3v) is 3.25. The van der Waals surface area contributed by atoms with Gasteiger partial charge in [-0.2, -0.15) is 0 Å². The Morgan fingerprint density at radius 1 is 1.24 bits per heavy atom. The summed E-state index contributed by atoms with van der Waals surface area (Å²) in [6.45, 7) is 5.16. The van der Waals surface area contributed by atoms with Gasteiger partial charge in [-0.1, -0.05) is 30.1 Å². The lowest BCUT2D eigenvalue weighted by Gasteiger charge is -2.19. The van der Waals surface area contributed by atoms with Crippen LogP contribution in [0.5, 0.6) is 0 Å². The number of aliphatic hydroxyl groups excluding tert-OH is 1. The molecule has 1 aromatic carbocycles. The van der Waals surface area contributed by atoms with Crippen molar-refractivity contribution in [3.63, 3.8) is 0 Å². The number of carbonyl (C=O) groups is 2. The molecule has 0 aliphatic heterocycles. The summed E-state index contributed by atoms with van der Waals surface area (Å²) in [5.41, 5.74) is 3.37. The number of rotatable bonds is 5. The normalized spacial score (nSPS) is 13.6. The molecule has 0 spiro atoms. The van der Waals surface area contributed by atoms with Crippen molar-refractivity contribution in [2.45, 2.75) is 32.9 Å². The van der Waals surface area contributed by atoms with Crippen molar-refractivity contribution in [1.82, 2.24) is 10.8 Å². The zero-order valence-electron chi connectivity index (χ0n) is 14.4. The van der Waals surface area contributed by atoms with Crippen LogP contribution < -0.4 is 10.8 Å². The van der Waals surface area contributed by atoms with Gasteiger partial charge in [0.15, 0.2) is 0 Å². The number of aliphatic hydroxyl groups is 1. The number of amides is 2. The number of carbonyl (C=O) groups excluding carboxylic acids is 2. The van der Waals surface area contributed by atoms with Crippen LogP contribution in [0.15, 0.2) is 48.1 Å². The lowest BCUT2D eigenvalue weighted by Crippen LogP contribution is -2.51. The summed E-state index contributed by atoms with van der Waals surface area (Å²) in [6, 6.07) is 5.26. The van der Waals surface area contributed by atoms with Gasteiger partial charge in [0.1, 0.15) is 6.04 Å². The minimum atomic E-state index is -1.25. The maximum atomic E-state index is 12.1. The Morgan fingerprint density at radius 3 is 2.40 bits per heavy atom. The molecule has 2 amide bonds. The highest BCUT2D eigenvalue weighted by molar-refractivity contribution is 5.97. The first-order chi connectivity index (χ1) is 11.9. The molecule has 4 N–H and O–H groups in total. The summed E-state index contributed by atoms with van der Waals surface area (Å²) in [6.07, 6.45) is 4.56. The second-order valence-corrected chi connectivity index (χ2v) is 5.37. The molecule has 0 aliphatic rings. The predicted molar refractivity (Wildman–Crippen MR) is 94.8 cm³/mol. The Kier molecular flexibility index (Phi) is 8.13. The topological polar surface area (TPSA) is 98.7 Å². The summed E-state index contributed by atoms with van der Waals surface area (Å²) in [5.74, 6) is 4.54. The first-order valence-electron chi connectivity index (χ1n) is 7.73. The van der Waals surface area contributed by atoms with E-state index in [1.807, 2.05) is 32.1 Å². The van der Waals surface area contributed by atoms with Crippen molar-refractivity contribution in [3.05, 3.63) is 59.2 Å². The van der Waals surface area contributed by atoms with E-state index in [0.717, 1.165) is 11.1 Å². The number of allylic oxidation sites excluding steroid dienone is 4. The van der Waals surface area contributed by atoms with Crippen molar-refractivity contribution in [3.8, 4) is 11.8 Å². The first kappa shape index (κ1) is 20.2. The minimum absolute atomic E-state index is 0.308. The Bertz CT molecular complexity index is 722. The quantitative estimate of drug-likeness (QED) is 0.282. The number of hydrogen-bond acceptors (Lipinski definition) is 4.